The SMILES string of the molecule is O=C1OC2(CCC(C(=S)NCc3ccccc3)CC2)NN1Cc1cccc(Br)c1. The van der Waals surface area contributed by atoms with Crippen LogP contribution in [0.2, 0.25) is 0 Å². The van der Waals surface area contributed by atoms with Gasteiger partial charge in [-0.2, -0.15) is 5.43 Å². The summed E-state index contributed by atoms with van der Waals surface area (Å²) in [6.07, 6.45) is 2.99. The topological polar surface area (TPSA) is 53.6 Å². The van der Waals surface area contributed by atoms with E-state index < -0.39 is 5.72 Å². The summed E-state index contributed by atoms with van der Waals surface area (Å²) >= 11 is 9.10. The molecule has 0 radical (unpaired) electrons. The fourth-order valence-electron chi connectivity index (χ4n) is 3.95. The zero-order chi connectivity index (χ0) is 20.3. The van der Waals surface area contributed by atoms with Gasteiger partial charge in [-0.3, -0.25) is 0 Å². The summed E-state index contributed by atoms with van der Waals surface area (Å²) < 4.78 is 6.76. The fourth-order valence-corrected chi connectivity index (χ4v) is 4.70. The zero-order valence-electron chi connectivity index (χ0n) is 16.1. The first-order chi connectivity index (χ1) is 14.0. The smallest absolute Gasteiger partial charge is 0.425 e. The Morgan fingerprint density at radius 2 is 1.90 bits per heavy atom. The zero-order valence-corrected chi connectivity index (χ0v) is 18.5. The number of nitrogens with one attached hydrogen (secondary N) is 2. The maximum atomic E-state index is 12.4. The summed E-state index contributed by atoms with van der Waals surface area (Å²) in [5.41, 5.74) is 4.98. The van der Waals surface area contributed by atoms with Crippen molar-refractivity contribution in [2.45, 2.75) is 44.5 Å². The molecule has 1 heterocycles. The lowest BCUT2D eigenvalue weighted by Gasteiger charge is -2.35. The molecule has 1 aliphatic heterocycles. The number of ether oxygens (including phenoxy) is 1. The Hall–Kier alpha value is -1.96. The molecule has 2 fully saturated rings. The Morgan fingerprint density at radius 3 is 2.62 bits per heavy atom. The highest BCUT2D eigenvalue weighted by molar-refractivity contribution is 9.10. The number of hydrogen-bond donors (Lipinski definition) is 2. The number of thiocarbonyl (C=S) groups is 1. The van der Waals surface area contributed by atoms with Crippen molar-refractivity contribution in [1.29, 1.82) is 0 Å². The number of hydrogen-bond acceptors (Lipinski definition) is 4. The van der Waals surface area contributed by atoms with Crippen LogP contribution in [-0.4, -0.2) is 21.8 Å². The van der Waals surface area contributed by atoms with E-state index in [1.807, 2.05) is 42.5 Å². The summed E-state index contributed by atoms with van der Waals surface area (Å²) in [5, 5.41) is 4.97. The highest BCUT2D eigenvalue weighted by Crippen LogP contribution is 2.37. The number of halogens is 1. The summed E-state index contributed by atoms with van der Waals surface area (Å²) in [6, 6.07) is 18.2. The van der Waals surface area contributed by atoms with E-state index in [1.165, 1.54) is 5.56 Å². The number of carbonyl (C=O) groups is 1. The van der Waals surface area contributed by atoms with Crippen LogP contribution >= 0.6 is 28.1 Å². The number of carbonyl (C=O) groups excluding carboxylic acids is 1. The van der Waals surface area contributed by atoms with Gasteiger partial charge in [0.2, 0.25) is 0 Å². The van der Waals surface area contributed by atoms with Crippen LogP contribution in [0.4, 0.5) is 4.79 Å². The van der Waals surface area contributed by atoms with Gasteiger partial charge < -0.3 is 10.1 Å². The number of amides is 1. The standard InChI is InChI=1S/C22H24BrN3O2S/c23-19-8-4-7-17(13-19)15-26-21(27)28-22(25-26)11-9-18(10-12-22)20(29)24-14-16-5-2-1-3-6-16/h1-8,13,18,25H,9-12,14-15H2,(H,24,29). The Morgan fingerprint density at radius 1 is 1.17 bits per heavy atom. The van der Waals surface area contributed by atoms with Crippen LogP contribution in [0.5, 0.6) is 0 Å². The minimum atomic E-state index is -0.603. The van der Waals surface area contributed by atoms with E-state index in [9.17, 15) is 4.79 Å². The third-order valence-corrected chi connectivity index (χ3v) is 6.52. The monoisotopic (exact) mass is 473 g/mol. The lowest BCUT2D eigenvalue weighted by Crippen LogP contribution is -2.49. The molecular formula is C22H24BrN3O2S. The number of benzene rings is 2. The molecule has 2 aliphatic rings. The van der Waals surface area contributed by atoms with Crippen LogP contribution < -0.4 is 10.7 Å². The van der Waals surface area contributed by atoms with Gasteiger partial charge in [0.1, 0.15) is 0 Å². The Bertz CT molecular complexity index is 885. The van der Waals surface area contributed by atoms with E-state index in [0.29, 0.717) is 12.5 Å². The molecular weight excluding hydrogens is 450 g/mol. The number of hydrazine groups is 1. The van der Waals surface area contributed by atoms with Crippen LogP contribution in [0, 0.1) is 5.92 Å². The molecule has 2 aromatic carbocycles. The van der Waals surface area contributed by atoms with Crippen molar-refractivity contribution in [3.05, 3.63) is 70.2 Å². The molecule has 1 saturated carbocycles. The van der Waals surface area contributed by atoms with Gasteiger partial charge in [0.05, 0.1) is 11.5 Å². The third kappa shape index (κ3) is 4.97. The van der Waals surface area contributed by atoms with Crippen molar-refractivity contribution in [2.75, 3.05) is 0 Å². The third-order valence-electron chi connectivity index (χ3n) is 5.55. The minimum absolute atomic E-state index is 0.312. The summed E-state index contributed by atoms with van der Waals surface area (Å²) in [6.45, 7) is 1.22. The van der Waals surface area contributed by atoms with Crippen LogP contribution in [0.25, 0.3) is 0 Å². The normalized spacial score (nSPS) is 23.8. The first-order valence-electron chi connectivity index (χ1n) is 9.87. The van der Waals surface area contributed by atoms with Crippen LogP contribution in [-0.2, 0) is 17.8 Å². The van der Waals surface area contributed by atoms with Gasteiger partial charge in [0.25, 0.3) is 0 Å². The van der Waals surface area contributed by atoms with E-state index in [4.69, 9.17) is 17.0 Å². The molecule has 0 bridgehead atoms. The van der Waals surface area contributed by atoms with Gasteiger partial charge in [-0.25, -0.2) is 9.80 Å². The van der Waals surface area contributed by atoms with Gasteiger partial charge >= 0.3 is 6.09 Å². The van der Waals surface area contributed by atoms with E-state index >= 15 is 0 Å². The molecule has 4 rings (SSSR count). The Kier molecular flexibility index (Phi) is 6.18. The molecule has 152 valence electrons. The van der Waals surface area contributed by atoms with Crippen molar-refractivity contribution in [3.63, 3.8) is 0 Å². The Balaban J connectivity index is 1.29. The first kappa shape index (κ1) is 20.3. The summed E-state index contributed by atoms with van der Waals surface area (Å²) in [7, 11) is 0. The second-order valence-corrected chi connectivity index (χ2v) is 9.02. The van der Waals surface area contributed by atoms with Gasteiger partial charge in [-0.05, 0) is 36.1 Å². The highest BCUT2D eigenvalue weighted by atomic mass is 79.9. The van der Waals surface area contributed by atoms with Crippen molar-refractivity contribution in [1.82, 2.24) is 15.8 Å². The van der Waals surface area contributed by atoms with E-state index in [0.717, 1.165) is 47.3 Å². The summed E-state index contributed by atoms with van der Waals surface area (Å²) in [4.78, 5) is 13.3. The van der Waals surface area contributed by atoms with E-state index in [1.54, 1.807) is 5.01 Å². The molecule has 7 heteroatoms. The quantitative estimate of drug-likeness (QED) is 0.604. The largest absolute Gasteiger partial charge is 0.426 e. The van der Waals surface area contributed by atoms with Crippen molar-refractivity contribution in [3.8, 4) is 0 Å². The molecule has 0 atom stereocenters. The first-order valence-corrected chi connectivity index (χ1v) is 11.1. The predicted octanol–water partition coefficient (Wildman–Crippen LogP) is 4.91. The molecule has 1 aliphatic carbocycles. The predicted molar refractivity (Wildman–Crippen MR) is 120 cm³/mol. The molecule has 5 nitrogen and oxygen atoms in total. The lowest BCUT2D eigenvalue weighted by molar-refractivity contribution is -0.0119. The molecule has 1 saturated heterocycles. The van der Waals surface area contributed by atoms with Crippen molar-refractivity contribution in [2.24, 2.45) is 5.92 Å². The molecule has 0 aromatic heterocycles. The second kappa shape index (κ2) is 8.81. The molecule has 29 heavy (non-hydrogen) atoms. The van der Waals surface area contributed by atoms with Gasteiger partial charge in [0.15, 0.2) is 5.72 Å². The average molecular weight is 474 g/mol. The number of nitrogens with zero attached hydrogens (tertiary/aromatic N) is 1. The molecule has 2 N–H and O–H groups in total. The molecule has 1 spiro atoms. The lowest BCUT2D eigenvalue weighted by atomic mass is 9.83. The maximum absolute atomic E-state index is 12.4. The molecule has 1 amide bonds. The van der Waals surface area contributed by atoms with Gasteiger partial charge in [-0.1, -0.05) is 70.6 Å². The highest BCUT2D eigenvalue weighted by Gasteiger charge is 2.47. The van der Waals surface area contributed by atoms with Crippen molar-refractivity contribution < 1.29 is 9.53 Å². The van der Waals surface area contributed by atoms with Gasteiger partial charge in [0, 0.05) is 29.8 Å². The van der Waals surface area contributed by atoms with Crippen LogP contribution in [0.1, 0.15) is 36.8 Å². The van der Waals surface area contributed by atoms with Gasteiger partial charge in [-0.15, -0.1) is 0 Å². The van der Waals surface area contributed by atoms with Crippen LogP contribution in [0.3, 0.4) is 0 Å². The maximum Gasteiger partial charge on any atom is 0.426 e. The van der Waals surface area contributed by atoms with Crippen molar-refractivity contribution >= 4 is 39.2 Å². The van der Waals surface area contributed by atoms with E-state index in [-0.39, 0.29) is 6.09 Å². The number of rotatable bonds is 5. The van der Waals surface area contributed by atoms with E-state index in [2.05, 4.69) is 38.8 Å². The Labute approximate surface area is 184 Å². The second-order valence-electron chi connectivity index (χ2n) is 7.67. The minimum Gasteiger partial charge on any atom is -0.425 e. The molecule has 0 unspecified atom stereocenters. The summed E-state index contributed by atoms with van der Waals surface area (Å²) in [5.74, 6) is 0.318. The molecule has 2 aromatic rings. The average Bonchev–Trinajstić information content (AvgIpc) is 3.02. The fraction of sp³-hybridized carbons (Fsp3) is 0.364. The van der Waals surface area contributed by atoms with Crippen LogP contribution in [0.15, 0.2) is 59.1 Å².